The smallest absolute Gasteiger partial charge is 0.137 e. The van der Waals surface area contributed by atoms with Gasteiger partial charge in [-0.1, -0.05) is 30.3 Å². The van der Waals surface area contributed by atoms with Gasteiger partial charge in [0, 0.05) is 40.3 Å². The molecule has 0 spiro atoms. The maximum absolute atomic E-state index is 4.77. The maximum Gasteiger partial charge on any atom is 0.137 e. The van der Waals surface area contributed by atoms with E-state index in [0.717, 1.165) is 25.5 Å². The summed E-state index contributed by atoms with van der Waals surface area (Å²) in [7, 11) is 0. The average molecular weight is 337 g/mol. The highest BCUT2D eigenvalue weighted by atomic mass is 32.1. The number of fused-ring (bicyclic) bond motifs is 1. The third kappa shape index (κ3) is 2.92. The summed E-state index contributed by atoms with van der Waals surface area (Å²) < 4.78 is 1.32. The fourth-order valence-electron chi connectivity index (χ4n) is 3.60. The number of anilines is 1. The molecule has 4 rings (SSSR count). The number of aromatic nitrogens is 1. The van der Waals surface area contributed by atoms with Gasteiger partial charge in [-0.05, 0) is 44.0 Å². The van der Waals surface area contributed by atoms with Gasteiger partial charge in [-0.25, -0.2) is 4.98 Å². The lowest BCUT2D eigenvalue weighted by Gasteiger charge is -2.35. The van der Waals surface area contributed by atoms with Crippen molar-refractivity contribution in [2.24, 2.45) is 0 Å². The maximum atomic E-state index is 4.77. The molecule has 0 unspecified atom stereocenters. The number of likely N-dealkylation sites (N-methyl/N-ethyl adjacent to an activating group) is 1. The molecule has 1 saturated heterocycles. The minimum atomic E-state index is 0.543. The van der Waals surface area contributed by atoms with Crippen LogP contribution < -0.4 is 10.2 Å². The molecule has 1 aromatic carbocycles. The van der Waals surface area contributed by atoms with E-state index in [0.29, 0.717) is 6.04 Å². The van der Waals surface area contributed by atoms with Crippen LogP contribution in [0.15, 0.2) is 48.7 Å². The molecule has 0 aliphatic carbocycles. The summed E-state index contributed by atoms with van der Waals surface area (Å²) in [5, 5.41) is 4.82. The lowest BCUT2D eigenvalue weighted by Crippen LogP contribution is -2.46. The summed E-state index contributed by atoms with van der Waals surface area (Å²) in [4.78, 5) is 8.56. The largest absolute Gasteiger partial charge is 0.352 e. The Morgan fingerprint density at radius 3 is 2.88 bits per heavy atom. The number of benzene rings is 1. The van der Waals surface area contributed by atoms with Gasteiger partial charge in [0.25, 0.3) is 0 Å². The third-order valence-electron chi connectivity index (χ3n) is 4.81. The summed E-state index contributed by atoms with van der Waals surface area (Å²) in [6, 6.07) is 15.6. The van der Waals surface area contributed by atoms with E-state index in [4.69, 9.17) is 4.98 Å². The van der Waals surface area contributed by atoms with Crippen LogP contribution in [0.2, 0.25) is 0 Å². The molecule has 1 aliphatic heterocycles. The van der Waals surface area contributed by atoms with Crippen LogP contribution in [0.1, 0.15) is 19.8 Å². The zero-order chi connectivity index (χ0) is 16.4. The zero-order valence-corrected chi connectivity index (χ0v) is 14.9. The van der Waals surface area contributed by atoms with Crippen LogP contribution in [0, 0.1) is 0 Å². The van der Waals surface area contributed by atoms with Gasteiger partial charge in [0.1, 0.15) is 5.82 Å². The quantitative estimate of drug-likeness (QED) is 0.757. The van der Waals surface area contributed by atoms with Crippen LogP contribution in [0.5, 0.6) is 0 Å². The van der Waals surface area contributed by atoms with Gasteiger partial charge < -0.3 is 10.2 Å². The van der Waals surface area contributed by atoms with E-state index < -0.39 is 0 Å². The van der Waals surface area contributed by atoms with Crippen LogP contribution in [0.3, 0.4) is 0 Å². The molecule has 0 radical (unpaired) electrons. The fourth-order valence-corrected chi connectivity index (χ4v) is 4.66. The Labute approximate surface area is 147 Å². The molecule has 124 valence electrons. The molecule has 3 nitrogen and oxygen atoms in total. The molecule has 1 atom stereocenters. The highest BCUT2D eigenvalue weighted by molar-refractivity contribution is 7.22. The van der Waals surface area contributed by atoms with Crippen molar-refractivity contribution in [2.75, 3.05) is 24.5 Å². The normalized spacial score (nSPS) is 18.0. The van der Waals surface area contributed by atoms with Crippen molar-refractivity contribution < 1.29 is 0 Å². The minimum absolute atomic E-state index is 0.543. The highest BCUT2D eigenvalue weighted by Gasteiger charge is 2.23. The number of hydrogen-bond acceptors (Lipinski definition) is 4. The Hall–Kier alpha value is -1.91. The van der Waals surface area contributed by atoms with Crippen molar-refractivity contribution in [2.45, 2.75) is 25.8 Å². The van der Waals surface area contributed by atoms with E-state index in [1.165, 1.54) is 33.4 Å². The monoisotopic (exact) mass is 337 g/mol. The van der Waals surface area contributed by atoms with Crippen molar-refractivity contribution >= 4 is 27.2 Å². The first-order chi connectivity index (χ1) is 11.9. The third-order valence-corrected chi connectivity index (χ3v) is 5.96. The van der Waals surface area contributed by atoms with Gasteiger partial charge in [0.05, 0.1) is 0 Å². The van der Waals surface area contributed by atoms with Gasteiger partial charge in [-0.3, -0.25) is 0 Å². The van der Waals surface area contributed by atoms with Gasteiger partial charge in [0.15, 0.2) is 0 Å². The number of pyridine rings is 1. The molecule has 1 fully saturated rings. The van der Waals surface area contributed by atoms with Crippen LogP contribution in [-0.2, 0) is 0 Å². The van der Waals surface area contributed by atoms with Crippen LogP contribution in [0.25, 0.3) is 20.5 Å². The van der Waals surface area contributed by atoms with E-state index >= 15 is 0 Å². The van der Waals surface area contributed by atoms with E-state index in [-0.39, 0.29) is 0 Å². The Kier molecular flexibility index (Phi) is 4.50. The standard InChI is InChI=1S/C20H23N3S/c1-2-23(16-9-6-11-21-14-16)20-17-13-19(15-7-4-3-5-8-15)24-18(17)10-12-22-20/h3-5,7-8,10,12-13,16,21H,2,6,9,11,14H2,1H3/t16-/m0/s1. The first-order valence-electron chi connectivity index (χ1n) is 8.78. The van der Waals surface area contributed by atoms with E-state index in [1.54, 1.807) is 0 Å². The molecule has 3 heterocycles. The van der Waals surface area contributed by atoms with Crippen LogP contribution in [-0.4, -0.2) is 30.7 Å². The summed E-state index contributed by atoms with van der Waals surface area (Å²) >= 11 is 1.86. The lowest BCUT2D eigenvalue weighted by molar-refractivity contribution is 0.434. The number of nitrogens with one attached hydrogen (secondary N) is 1. The van der Waals surface area contributed by atoms with Gasteiger partial charge in [-0.2, -0.15) is 0 Å². The highest BCUT2D eigenvalue weighted by Crippen LogP contribution is 2.37. The van der Waals surface area contributed by atoms with E-state index in [9.17, 15) is 0 Å². The first kappa shape index (κ1) is 15.6. The molecule has 0 saturated carbocycles. The molecular formula is C20H23N3S. The minimum Gasteiger partial charge on any atom is -0.352 e. The Balaban J connectivity index is 1.76. The molecular weight excluding hydrogens is 314 g/mol. The number of rotatable bonds is 4. The second-order valence-electron chi connectivity index (χ2n) is 6.31. The molecule has 0 amide bonds. The molecule has 0 bridgehead atoms. The SMILES string of the molecule is CCN(c1nccc2sc(-c3ccccc3)cc12)[C@H]1CCCNC1. The lowest BCUT2D eigenvalue weighted by atomic mass is 10.1. The van der Waals surface area contributed by atoms with Crippen molar-refractivity contribution in [3.8, 4) is 10.4 Å². The van der Waals surface area contributed by atoms with Crippen LogP contribution in [0.4, 0.5) is 5.82 Å². The second kappa shape index (κ2) is 6.91. The van der Waals surface area contributed by atoms with Crippen molar-refractivity contribution in [3.05, 3.63) is 48.7 Å². The summed E-state index contributed by atoms with van der Waals surface area (Å²) in [6.45, 7) is 5.43. The fraction of sp³-hybridized carbons (Fsp3) is 0.350. The topological polar surface area (TPSA) is 28.2 Å². The van der Waals surface area contributed by atoms with E-state index in [2.05, 4.69) is 59.6 Å². The first-order valence-corrected chi connectivity index (χ1v) is 9.60. The van der Waals surface area contributed by atoms with Gasteiger partial charge >= 0.3 is 0 Å². The van der Waals surface area contributed by atoms with Crippen molar-refractivity contribution in [1.29, 1.82) is 0 Å². The predicted molar refractivity (Wildman–Crippen MR) is 104 cm³/mol. The summed E-state index contributed by atoms with van der Waals surface area (Å²) in [5.74, 6) is 1.14. The number of piperidine rings is 1. The van der Waals surface area contributed by atoms with Crippen molar-refractivity contribution in [1.82, 2.24) is 10.3 Å². The summed E-state index contributed by atoms with van der Waals surface area (Å²) in [6.07, 6.45) is 4.45. The molecule has 1 aliphatic rings. The van der Waals surface area contributed by atoms with Gasteiger partial charge in [-0.15, -0.1) is 11.3 Å². The van der Waals surface area contributed by atoms with Crippen LogP contribution >= 0.6 is 11.3 Å². The molecule has 1 N–H and O–H groups in total. The second-order valence-corrected chi connectivity index (χ2v) is 7.39. The zero-order valence-electron chi connectivity index (χ0n) is 14.0. The van der Waals surface area contributed by atoms with Crippen molar-refractivity contribution in [3.63, 3.8) is 0 Å². The molecule has 3 aromatic rings. The number of hydrogen-bond donors (Lipinski definition) is 1. The molecule has 2 aromatic heterocycles. The Morgan fingerprint density at radius 2 is 2.12 bits per heavy atom. The summed E-state index contributed by atoms with van der Waals surface area (Å²) in [5.41, 5.74) is 1.28. The van der Waals surface area contributed by atoms with E-state index in [1.807, 2.05) is 17.5 Å². The molecule has 24 heavy (non-hydrogen) atoms. The number of nitrogens with zero attached hydrogens (tertiary/aromatic N) is 2. The predicted octanol–water partition coefficient (Wildman–Crippen LogP) is 4.54. The van der Waals surface area contributed by atoms with Gasteiger partial charge in [0.2, 0.25) is 0 Å². The average Bonchev–Trinajstić information content (AvgIpc) is 3.09. The Morgan fingerprint density at radius 1 is 1.25 bits per heavy atom. The molecule has 4 heteroatoms. The number of thiophene rings is 1. The Bertz CT molecular complexity index is 806.